The minimum absolute atomic E-state index is 0.0676. The van der Waals surface area contributed by atoms with Gasteiger partial charge in [0.15, 0.2) is 5.82 Å². The second-order valence-corrected chi connectivity index (χ2v) is 3.99. The monoisotopic (exact) mass is 272 g/mol. The smallest absolute Gasteiger partial charge is 0.221 e. The molecule has 1 aromatic heterocycles. The molecule has 0 amide bonds. The van der Waals surface area contributed by atoms with E-state index in [1.165, 1.54) is 18.3 Å². The summed E-state index contributed by atoms with van der Waals surface area (Å²) in [7, 11) is 0. The van der Waals surface area contributed by atoms with Gasteiger partial charge in [-0.1, -0.05) is 23.2 Å². The number of nitrogens with zero attached hydrogens (tertiary/aromatic N) is 2. The van der Waals surface area contributed by atoms with Gasteiger partial charge in [0.25, 0.3) is 0 Å². The molecule has 0 spiro atoms. The van der Waals surface area contributed by atoms with Crippen molar-refractivity contribution in [1.29, 1.82) is 0 Å². The number of nitrogens with two attached hydrogens (primary N) is 1. The van der Waals surface area contributed by atoms with E-state index in [-0.39, 0.29) is 16.0 Å². The van der Waals surface area contributed by atoms with E-state index in [0.717, 1.165) is 0 Å². The van der Waals surface area contributed by atoms with Gasteiger partial charge in [0.2, 0.25) is 5.95 Å². The van der Waals surface area contributed by atoms with E-state index in [4.69, 9.17) is 28.9 Å². The van der Waals surface area contributed by atoms with Crippen LogP contribution in [0, 0.1) is 5.82 Å². The maximum absolute atomic E-state index is 13.2. The van der Waals surface area contributed by atoms with Gasteiger partial charge in [-0.05, 0) is 18.2 Å². The van der Waals surface area contributed by atoms with E-state index >= 15 is 0 Å². The SMILES string of the molecule is Nc1nccc(Nc2cc(Cl)c(F)c(Cl)c2)n1. The van der Waals surface area contributed by atoms with Crippen LogP contribution in [-0.2, 0) is 0 Å². The van der Waals surface area contributed by atoms with Crippen LogP contribution in [0.5, 0.6) is 0 Å². The van der Waals surface area contributed by atoms with E-state index in [1.54, 1.807) is 6.07 Å². The number of benzene rings is 1. The van der Waals surface area contributed by atoms with Crippen molar-refractivity contribution in [1.82, 2.24) is 9.97 Å². The van der Waals surface area contributed by atoms with Crippen LogP contribution in [0.1, 0.15) is 0 Å². The Kier molecular flexibility index (Phi) is 3.31. The van der Waals surface area contributed by atoms with Gasteiger partial charge in [0.1, 0.15) is 5.82 Å². The van der Waals surface area contributed by atoms with Crippen molar-refractivity contribution >= 4 is 40.7 Å². The fourth-order valence-electron chi connectivity index (χ4n) is 1.22. The highest BCUT2D eigenvalue weighted by atomic mass is 35.5. The highest BCUT2D eigenvalue weighted by Gasteiger charge is 2.08. The van der Waals surface area contributed by atoms with Crippen molar-refractivity contribution in [2.45, 2.75) is 0 Å². The molecular formula is C10H7Cl2FN4. The molecule has 0 saturated heterocycles. The highest BCUT2D eigenvalue weighted by molar-refractivity contribution is 6.35. The minimum atomic E-state index is -0.652. The Morgan fingerprint density at radius 2 is 1.88 bits per heavy atom. The normalized spacial score (nSPS) is 10.3. The van der Waals surface area contributed by atoms with Crippen LogP contribution in [0.25, 0.3) is 0 Å². The number of nitrogen functional groups attached to an aromatic ring is 1. The van der Waals surface area contributed by atoms with E-state index in [9.17, 15) is 4.39 Å². The van der Waals surface area contributed by atoms with E-state index < -0.39 is 5.82 Å². The van der Waals surface area contributed by atoms with Gasteiger partial charge in [-0.2, -0.15) is 4.98 Å². The van der Waals surface area contributed by atoms with Gasteiger partial charge >= 0.3 is 0 Å². The topological polar surface area (TPSA) is 63.8 Å². The van der Waals surface area contributed by atoms with Gasteiger partial charge in [-0.25, -0.2) is 9.37 Å². The summed E-state index contributed by atoms with van der Waals surface area (Å²) in [5.41, 5.74) is 5.94. The van der Waals surface area contributed by atoms with E-state index in [1.807, 2.05) is 0 Å². The Morgan fingerprint density at radius 1 is 1.24 bits per heavy atom. The summed E-state index contributed by atoms with van der Waals surface area (Å²) in [4.78, 5) is 7.67. The molecule has 0 bridgehead atoms. The van der Waals surface area contributed by atoms with E-state index in [0.29, 0.717) is 11.5 Å². The summed E-state index contributed by atoms with van der Waals surface area (Å²) in [6, 6.07) is 4.42. The lowest BCUT2D eigenvalue weighted by molar-refractivity contribution is 0.629. The number of anilines is 3. The number of hydrogen-bond donors (Lipinski definition) is 2. The van der Waals surface area contributed by atoms with Gasteiger partial charge in [0, 0.05) is 11.9 Å². The molecule has 1 aromatic carbocycles. The molecule has 88 valence electrons. The first-order valence-corrected chi connectivity index (χ1v) is 5.32. The lowest BCUT2D eigenvalue weighted by Gasteiger charge is -2.07. The molecule has 0 unspecified atom stereocenters. The lowest BCUT2D eigenvalue weighted by atomic mass is 10.3. The van der Waals surface area contributed by atoms with Crippen LogP contribution < -0.4 is 11.1 Å². The van der Waals surface area contributed by atoms with Crippen molar-refractivity contribution in [3.63, 3.8) is 0 Å². The Labute approximate surface area is 107 Å². The molecule has 0 aliphatic rings. The van der Waals surface area contributed by atoms with Crippen LogP contribution in [0.15, 0.2) is 24.4 Å². The van der Waals surface area contributed by atoms with Gasteiger partial charge in [0.05, 0.1) is 10.0 Å². The zero-order chi connectivity index (χ0) is 12.4. The summed E-state index contributed by atoms with van der Waals surface area (Å²) in [6.07, 6.45) is 1.50. The number of hydrogen-bond acceptors (Lipinski definition) is 4. The molecule has 3 N–H and O–H groups in total. The molecule has 0 saturated carbocycles. The molecule has 4 nitrogen and oxygen atoms in total. The third kappa shape index (κ3) is 2.75. The fraction of sp³-hybridized carbons (Fsp3) is 0. The molecule has 1 heterocycles. The number of nitrogens with one attached hydrogen (secondary N) is 1. The van der Waals surface area contributed by atoms with Crippen molar-refractivity contribution in [2.24, 2.45) is 0 Å². The van der Waals surface area contributed by atoms with Gasteiger partial charge in [-0.3, -0.25) is 0 Å². The maximum atomic E-state index is 13.2. The Hall–Kier alpha value is -1.59. The summed E-state index contributed by atoms with van der Waals surface area (Å²) in [6.45, 7) is 0. The quantitative estimate of drug-likeness (QED) is 0.824. The number of halogens is 3. The number of aromatic nitrogens is 2. The Morgan fingerprint density at radius 3 is 2.47 bits per heavy atom. The van der Waals surface area contributed by atoms with Crippen LogP contribution in [0.4, 0.5) is 21.8 Å². The summed E-state index contributed by atoms with van der Waals surface area (Å²) in [5.74, 6) is -0.0494. The zero-order valence-electron chi connectivity index (χ0n) is 8.42. The molecule has 0 atom stereocenters. The third-order valence-corrected chi connectivity index (χ3v) is 2.48. The van der Waals surface area contributed by atoms with E-state index in [2.05, 4.69) is 15.3 Å². The van der Waals surface area contributed by atoms with Gasteiger partial charge in [-0.15, -0.1) is 0 Å². The van der Waals surface area contributed by atoms with Crippen molar-refractivity contribution in [2.75, 3.05) is 11.1 Å². The van der Waals surface area contributed by atoms with Crippen LogP contribution in [-0.4, -0.2) is 9.97 Å². The lowest BCUT2D eigenvalue weighted by Crippen LogP contribution is -1.99. The first-order chi connectivity index (χ1) is 8.06. The standard InChI is InChI=1S/C10H7Cl2FN4/c11-6-3-5(4-7(12)9(6)13)16-8-1-2-15-10(14)17-8/h1-4H,(H3,14,15,16,17). The molecule has 17 heavy (non-hydrogen) atoms. The first-order valence-electron chi connectivity index (χ1n) is 4.56. The molecule has 0 fully saturated rings. The Balaban J connectivity index is 2.31. The maximum Gasteiger partial charge on any atom is 0.221 e. The molecule has 2 rings (SSSR count). The molecule has 0 radical (unpaired) electrons. The van der Waals surface area contributed by atoms with Crippen LogP contribution in [0.3, 0.4) is 0 Å². The predicted octanol–water partition coefficient (Wildman–Crippen LogP) is 3.25. The molecule has 0 aliphatic heterocycles. The summed E-state index contributed by atoms with van der Waals surface area (Å²) < 4.78 is 13.2. The van der Waals surface area contributed by atoms with Crippen molar-refractivity contribution in [3.8, 4) is 0 Å². The van der Waals surface area contributed by atoms with Crippen molar-refractivity contribution < 1.29 is 4.39 Å². The number of rotatable bonds is 2. The zero-order valence-corrected chi connectivity index (χ0v) is 9.93. The molecular weight excluding hydrogens is 266 g/mol. The minimum Gasteiger partial charge on any atom is -0.368 e. The average molecular weight is 273 g/mol. The fourth-order valence-corrected chi connectivity index (χ4v) is 1.71. The molecule has 2 aromatic rings. The second-order valence-electron chi connectivity index (χ2n) is 3.18. The molecule has 7 heteroatoms. The second kappa shape index (κ2) is 4.73. The van der Waals surface area contributed by atoms with Crippen molar-refractivity contribution in [3.05, 3.63) is 40.3 Å². The highest BCUT2D eigenvalue weighted by Crippen LogP contribution is 2.28. The molecule has 0 aliphatic carbocycles. The van der Waals surface area contributed by atoms with Crippen LogP contribution in [0.2, 0.25) is 10.0 Å². The van der Waals surface area contributed by atoms with Crippen LogP contribution >= 0.6 is 23.2 Å². The predicted molar refractivity (Wildman–Crippen MR) is 66.1 cm³/mol. The largest absolute Gasteiger partial charge is 0.368 e. The summed E-state index contributed by atoms with van der Waals surface area (Å²) >= 11 is 11.3. The van der Waals surface area contributed by atoms with Gasteiger partial charge < -0.3 is 11.1 Å². The average Bonchev–Trinajstić information content (AvgIpc) is 2.26. The first kappa shape index (κ1) is 11.9. The third-order valence-electron chi connectivity index (χ3n) is 1.93. The summed E-state index contributed by atoms with van der Waals surface area (Å²) in [5, 5.41) is 2.75. The Bertz CT molecular complexity index is 539.